The molecule has 2 aromatic carbocycles. The molecule has 1 N–H and O–H groups in total. The molecule has 6 nitrogen and oxygen atoms in total. The van der Waals surface area contributed by atoms with Crippen molar-refractivity contribution in [1.82, 2.24) is 4.72 Å². The lowest BCUT2D eigenvalue weighted by Crippen LogP contribution is -2.23. The number of ether oxygens (including phenoxy) is 2. The average molecular weight is 417 g/mol. The van der Waals surface area contributed by atoms with Gasteiger partial charge in [-0.15, -0.1) is 0 Å². The normalized spacial score (nSPS) is 12.0. The fraction of sp³-hybridized carbons (Fsp3) is 0.278. The average Bonchev–Trinajstić information content (AvgIpc) is 2.66. The maximum absolute atomic E-state index is 12.4. The maximum atomic E-state index is 12.4. The van der Waals surface area contributed by atoms with Gasteiger partial charge in [-0.3, -0.25) is 0 Å². The Kier molecular flexibility index (Phi) is 7.17. The number of carbonyl (C=O) groups excluding carboxylic acids is 1. The van der Waals surface area contributed by atoms with Crippen LogP contribution in [-0.4, -0.2) is 34.3 Å². The molecule has 0 heterocycles. The van der Waals surface area contributed by atoms with Gasteiger partial charge in [0.15, 0.2) is 0 Å². The summed E-state index contributed by atoms with van der Waals surface area (Å²) in [5.74, 6) is -0.652. The van der Waals surface area contributed by atoms with E-state index in [4.69, 9.17) is 0 Å². The fourth-order valence-electron chi connectivity index (χ4n) is 2.21. The Hall–Kier alpha value is -2.43. The van der Waals surface area contributed by atoms with Crippen molar-refractivity contribution < 1.29 is 35.9 Å². The van der Waals surface area contributed by atoms with Crippen molar-refractivity contribution in [3.05, 3.63) is 65.2 Å². The molecule has 0 fully saturated rings. The fourth-order valence-corrected chi connectivity index (χ4v) is 3.27. The van der Waals surface area contributed by atoms with Gasteiger partial charge in [-0.1, -0.05) is 30.3 Å². The van der Waals surface area contributed by atoms with Crippen LogP contribution in [0.2, 0.25) is 0 Å². The van der Waals surface area contributed by atoms with Crippen molar-refractivity contribution in [2.75, 3.05) is 13.7 Å². The molecule has 28 heavy (non-hydrogen) atoms. The third kappa shape index (κ3) is 6.63. The maximum Gasteiger partial charge on any atom is 0.411 e. The van der Waals surface area contributed by atoms with Gasteiger partial charge < -0.3 is 9.47 Å². The number of methoxy groups -OCH3 is 1. The number of esters is 1. The van der Waals surface area contributed by atoms with Crippen molar-refractivity contribution in [2.45, 2.75) is 24.2 Å². The molecule has 0 aliphatic heterocycles. The lowest BCUT2D eigenvalue weighted by molar-refractivity contribution is -0.176. The predicted octanol–water partition coefficient (Wildman–Crippen LogP) is 3.03. The standard InChI is InChI=1S/C18H18F3NO5S/c1-26-17(23)15-3-2-4-16(9-15)28(24,25)22-10-13-5-7-14(8-6-13)11-27-12-18(19,20)21/h2-9,22H,10-12H2,1H3. The van der Waals surface area contributed by atoms with Crippen molar-refractivity contribution in [3.8, 4) is 0 Å². The van der Waals surface area contributed by atoms with Crippen LogP contribution in [0.1, 0.15) is 21.5 Å². The van der Waals surface area contributed by atoms with E-state index < -0.39 is 28.8 Å². The Labute approximate surface area is 160 Å². The van der Waals surface area contributed by atoms with E-state index in [0.29, 0.717) is 11.1 Å². The second-order valence-electron chi connectivity index (χ2n) is 5.77. The Morgan fingerprint density at radius 2 is 1.71 bits per heavy atom. The summed E-state index contributed by atoms with van der Waals surface area (Å²) in [6.45, 7) is -1.57. The quantitative estimate of drug-likeness (QED) is 0.668. The molecule has 0 amide bonds. The summed E-state index contributed by atoms with van der Waals surface area (Å²) in [4.78, 5) is 11.4. The van der Waals surface area contributed by atoms with Gasteiger partial charge in [-0.2, -0.15) is 13.2 Å². The number of halogens is 3. The molecule has 0 aliphatic carbocycles. The molecule has 0 spiro atoms. The first kappa shape index (κ1) is 21.9. The predicted molar refractivity (Wildman–Crippen MR) is 94.0 cm³/mol. The number of carbonyl (C=O) groups is 1. The van der Waals surface area contributed by atoms with Crippen LogP contribution in [0.5, 0.6) is 0 Å². The van der Waals surface area contributed by atoms with Crippen LogP contribution in [0.25, 0.3) is 0 Å². The van der Waals surface area contributed by atoms with Crippen LogP contribution in [-0.2, 0) is 32.6 Å². The molecule has 0 bridgehead atoms. The monoisotopic (exact) mass is 417 g/mol. The molecule has 0 saturated heterocycles. The van der Waals surface area contributed by atoms with E-state index in [9.17, 15) is 26.4 Å². The molecule has 2 rings (SSSR count). The highest BCUT2D eigenvalue weighted by molar-refractivity contribution is 7.89. The SMILES string of the molecule is COC(=O)c1cccc(S(=O)(=O)NCc2ccc(COCC(F)(F)F)cc2)c1. The molecule has 0 atom stereocenters. The van der Waals surface area contributed by atoms with Crippen molar-refractivity contribution >= 4 is 16.0 Å². The zero-order valence-corrected chi connectivity index (χ0v) is 15.6. The van der Waals surface area contributed by atoms with E-state index in [1.807, 2.05) is 0 Å². The highest BCUT2D eigenvalue weighted by atomic mass is 32.2. The molecular weight excluding hydrogens is 399 g/mol. The lowest BCUT2D eigenvalue weighted by atomic mass is 10.1. The summed E-state index contributed by atoms with van der Waals surface area (Å²) in [6.07, 6.45) is -4.39. The zero-order valence-electron chi connectivity index (χ0n) is 14.8. The van der Waals surface area contributed by atoms with Crippen LogP contribution in [0, 0.1) is 0 Å². The second-order valence-corrected chi connectivity index (χ2v) is 7.54. The molecule has 0 aliphatic rings. The first-order chi connectivity index (χ1) is 13.1. The minimum atomic E-state index is -4.39. The van der Waals surface area contributed by atoms with Crippen LogP contribution >= 0.6 is 0 Å². The number of alkyl halides is 3. The molecule has 2 aromatic rings. The van der Waals surface area contributed by atoms with Gasteiger partial charge >= 0.3 is 12.1 Å². The summed E-state index contributed by atoms with van der Waals surface area (Å²) < 4.78 is 72.4. The van der Waals surface area contributed by atoms with Crippen LogP contribution in [0.4, 0.5) is 13.2 Å². The van der Waals surface area contributed by atoms with Crippen molar-refractivity contribution in [3.63, 3.8) is 0 Å². The van der Waals surface area contributed by atoms with Crippen molar-refractivity contribution in [2.24, 2.45) is 0 Å². The third-order valence-corrected chi connectivity index (χ3v) is 4.99. The highest BCUT2D eigenvalue weighted by Crippen LogP contribution is 2.16. The molecule has 0 unspecified atom stereocenters. The van der Waals surface area contributed by atoms with Gasteiger partial charge in [0.2, 0.25) is 10.0 Å². The van der Waals surface area contributed by atoms with E-state index in [-0.39, 0.29) is 23.6 Å². The molecule has 10 heteroatoms. The summed E-state index contributed by atoms with van der Waals surface area (Å²) in [6, 6.07) is 11.7. The number of hydrogen-bond acceptors (Lipinski definition) is 5. The van der Waals surface area contributed by atoms with E-state index in [2.05, 4.69) is 14.2 Å². The summed E-state index contributed by atoms with van der Waals surface area (Å²) >= 11 is 0. The molecule has 0 radical (unpaired) electrons. The topological polar surface area (TPSA) is 81.7 Å². The van der Waals surface area contributed by atoms with Gasteiger partial charge in [0, 0.05) is 6.54 Å². The van der Waals surface area contributed by atoms with Gasteiger partial charge in [-0.25, -0.2) is 17.9 Å². The number of hydrogen-bond donors (Lipinski definition) is 1. The van der Waals surface area contributed by atoms with Gasteiger partial charge in [0.25, 0.3) is 0 Å². The summed E-state index contributed by atoms with van der Waals surface area (Å²) in [7, 11) is -2.68. The Morgan fingerprint density at radius 3 is 2.32 bits per heavy atom. The van der Waals surface area contributed by atoms with Gasteiger partial charge in [0.05, 0.1) is 24.2 Å². The first-order valence-corrected chi connectivity index (χ1v) is 9.49. The van der Waals surface area contributed by atoms with E-state index in [0.717, 1.165) is 0 Å². The third-order valence-electron chi connectivity index (χ3n) is 3.59. The van der Waals surface area contributed by atoms with Gasteiger partial charge in [0.1, 0.15) is 6.61 Å². The Morgan fingerprint density at radius 1 is 1.07 bits per heavy atom. The number of benzene rings is 2. The van der Waals surface area contributed by atoms with E-state index >= 15 is 0 Å². The number of sulfonamides is 1. The van der Waals surface area contributed by atoms with Gasteiger partial charge in [-0.05, 0) is 29.3 Å². The summed E-state index contributed by atoms with van der Waals surface area (Å²) in [5, 5.41) is 0. The number of rotatable bonds is 8. The smallest absolute Gasteiger partial charge is 0.411 e. The minimum absolute atomic E-state index is 0.0333. The molecular formula is C18H18F3NO5S. The first-order valence-electron chi connectivity index (χ1n) is 8.01. The molecule has 152 valence electrons. The van der Waals surface area contributed by atoms with E-state index in [1.54, 1.807) is 24.3 Å². The highest BCUT2D eigenvalue weighted by Gasteiger charge is 2.27. The minimum Gasteiger partial charge on any atom is -0.465 e. The second kappa shape index (κ2) is 9.18. The number of nitrogens with one attached hydrogen (secondary N) is 1. The Bertz CT molecular complexity index is 912. The van der Waals surface area contributed by atoms with E-state index in [1.165, 1.54) is 31.4 Å². The van der Waals surface area contributed by atoms with Crippen molar-refractivity contribution in [1.29, 1.82) is 0 Å². The van der Waals surface area contributed by atoms with Crippen LogP contribution in [0.15, 0.2) is 53.4 Å². The Balaban J connectivity index is 1.96. The largest absolute Gasteiger partial charge is 0.465 e. The lowest BCUT2D eigenvalue weighted by Gasteiger charge is -2.10. The van der Waals surface area contributed by atoms with Crippen LogP contribution < -0.4 is 4.72 Å². The molecule has 0 aromatic heterocycles. The van der Waals surface area contributed by atoms with Crippen LogP contribution in [0.3, 0.4) is 0 Å². The zero-order chi connectivity index (χ0) is 20.8. The molecule has 0 saturated carbocycles. The summed E-state index contributed by atoms with van der Waals surface area (Å²) in [5.41, 5.74) is 1.24.